The molecule has 98 valence electrons. The number of hydrogen-bond acceptors (Lipinski definition) is 4. The number of nitrogens with one attached hydrogen (secondary N) is 1. The first-order chi connectivity index (χ1) is 8.74. The fraction of sp³-hybridized carbons (Fsp3) is 0.615. The Bertz CT molecular complexity index is 404. The lowest BCUT2D eigenvalue weighted by molar-refractivity contribution is 0.0780. The molecule has 18 heavy (non-hydrogen) atoms. The van der Waals surface area contributed by atoms with Crippen LogP contribution in [0.5, 0.6) is 0 Å². The normalized spacial score (nSPS) is 19.0. The van der Waals surface area contributed by atoms with Gasteiger partial charge in [-0.05, 0) is 19.3 Å². The average molecular weight is 248 g/mol. The Morgan fingerprint density at radius 2 is 2.28 bits per heavy atom. The molecule has 5 heteroatoms. The Kier molecular flexibility index (Phi) is 4.12. The minimum atomic E-state index is 0.00139. The van der Waals surface area contributed by atoms with Crippen LogP contribution in [0.3, 0.4) is 0 Å². The third-order valence-corrected chi connectivity index (χ3v) is 3.38. The van der Waals surface area contributed by atoms with Crippen LogP contribution in [-0.2, 0) is 0 Å². The van der Waals surface area contributed by atoms with Gasteiger partial charge >= 0.3 is 0 Å². The lowest BCUT2D eigenvalue weighted by Crippen LogP contribution is -2.29. The van der Waals surface area contributed by atoms with E-state index in [4.69, 9.17) is 0 Å². The third-order valence-electron chi connectivity index (χ3n) is 3.38. The number of aromatic nitrogens is 2. The van der Waals surface area contributed by atoms with Crippen LogP contribution in [0.4, 0.5) is 5.82 Å². The number of amides is 1. The van der Waals surface area contributed by atoms with Crippen LogP contribution in [-0.4, -0.2) is 40.4 Å². The number of likely N-dealkylation sites (tertiary alicyclic amines) is 1. The van der Waals surface area contributed by atoms with Gasteiger partial charge < -0.3 is 10.2 Å². The third kappa shape index (κ3) is 2.78. The second-order valence-corrected chi connectivity index (χ2v) is 4.63. The van der Waals surface area contributed by atoms with Crippen molar-refractivity contribution in [2.45, 2.75) is 26.7 Å². The van der Waals surface area contributed by atoms with Gasteiger partial charge in [-0.15, -0.1) is 0 Å². The predicted octanol–water partition coefficient (Wildman–Crippen LogP) is 1.78. The summed E-state index contributed by atoms with van der Waals surface area (Å²) in [6, 6.07) is 0. The molecule has 2 rings (SSSR count). The summed E-state index contributed by atoms with van der Waals surface area (Å²) in [5.41, 5.74) is 0.438. The topological polar surface area (TPSA) is 58.1 Å². The molecule has 0 bridgehead atoms. The summed E-state index contributed by atoms with van der Waals surface area (Å²) in [6.07, 6.45) is 5.41. The second kappa shape index (κ2) is 5.80. The summed E-state index contributed by atoms with van der Waals surface area (Å²) < 4.78 is 0. The maximum absolute atomic E-state index is 12.2. The van der Waals surface area contributed by atoms with Crippen molar-refractivity contribution in [3.8, 4) is 0 Å². The molecule has 1 unspecified atom stereocenters. The van der Waals surface area contributed by atoms with Crippen molar-refractivity contribution >= 4 is 11.7 Å². The molecule has 0 radical (unpaired) electrons. The van der Waals surface area contributed by atoms with Crippen molar-refractivity contribution in [3.63, 3.8) is 0 Å². The van der Waals surface area contributed by atoms with Gasteiger partial charge in [0.1, 0.15) is 11.5 Å². The molecule has 1 fully saturated rings. The number of nitrogens with zero attached hydrogens (tertiary/aromatic N) is 3. The molecular weight excluding hydrogens is 228 g/mol. The number of rotatable bonds is 4. The van der Waals surface area contributed by atoms with Crippen LogP contribution >= 0.6 is 0 Å². The monoisotopic (exact) mass is 248 g/mol. The van der Waals surface area contributed by atoms with Crippen LogP contribution in [0, 0.1) is 5.92 Å². The van der Waals surface area contributed by atoms with Crippen molar-refractivity contribution in [1.29, 1.82) is 0 Å². The summed E-state index contributed by atoms with van der Waals surface area (Å²) in [6.45, 7) is 6.66. The minimum Gasteiger partial charge on any atom is -0.369 e. The first-order valence-electron chi connectivity index (χ1n) is 6.59. The number of hydrogen-bond donors (Lipinski definition) is 1. The van der Waals surface area contributed by atoms with Crippen LogP contribution in [0.25, 0.3) is 0 Å². The minimum absolute atomic E-state index is 0.00139. The highest BCUT2D eigenvalue weighted by molar-refractivity contribution is 5.92. The molecule has 0 saturated carbocycles. The van der Waals surface area contributed by atoms with Gasteiger partial charge in [0.2, 0.25) is 0 Å². The van der Waals surface area contributed by atoms with Crippen molar-refractivity contribution in [1.82, 2.24) is 14.9 Å². The maximum Gasteiger partial charge on any atom is 0.274 e. The zero-order chi connectivity index (χ0) is 13.0. The smallest absolute Gasteiger partial charge is 0.274 e. The Balaban J connectivity index is 2.00. The lowest BCUT2D eigenvalue weighted by Gasteiger charge is -2.15. The fourth-order valence-electron chi connectivity index (χ4n) is 2.22. The lowest BCUT2D eigenvalue weighted by atomic mass is 10.1. The molecule has 0 spiro atoms. The SMILES string of the molecule is CCNc1cnc(C(=O)N2CCC(CC)C2)cn1. The molecular formula is C13H20N4O. The average Bonchev–Trinajstić information content (AvgIpc) is 2.88. The number of carbonyl (C=O) groups excluding carboxylic acids is 1. The molecule has 1 aromatic rings. The van der Waals surface area contributed by atoms with Crippen molar-refractivity contribution in [2.75, 3.05) is 25.0 Å². The van der Waals surface area contributed by atoms with Gasteiger partial charge in [0, 0.05) is 19.6 Å². The first kappa shape index (κ1) is 12.8. The molecule has 5 nitrogen and oxygen atoms in total. The Morgan fingerprint density at radius 1 is 1.44 bits per heavy atom. The summed E-state index contributed by atoms with van der Waals surface area (Å²) >= 11 is 0. The highest BCUT2D eigenvalue weighted by Crippen LogP contribution is 2.20. The quantitative estimate of drug-likeness (QED) is 0.882. The van der Waals surface area contributed by atoms with E-state index in [0.717, 1.165) is 32.5 Å². The van der Waals surface area contributed by atoms with Gasteiger partial charge in [-0.3, -0.25) is 4.79 Å². The molecule has 1 atom stereocenters. The number of anilines is 1. The molecule has 1 aliphatic heterocycles. The van der Waals surface area contributed by atoms with E-state index < -0.39 is 0 Å². The van der Waals surface area contributed by atoms with E-state index in [9.17, 15) is 4.79 Å². The van der Waals surface area contributed by atoms with Crippen molar-refractivity contribution in [2.24, 2.45) is 5.92 Å². The summed E-state index contributed by atoms with van der Waals surface area (Å²) in [5, 5.41) is 3.06. The molecule has 0 aliphatic carbocycles. The fourth-order valence-corrected chi connectivity index (χ4v) is 2.22. The largest absolute Gasteiger partial charge is 0.369 e. The van der Waals surface area contributed by atoms with E-state index in [1.54, 1.807) is 12.4 Å². The standard InChI is InChI=1S/C13H20N4O/c1-3-10-5-6-17(9-10)13(18)11-7-16-12(8-15-11)14-4-2/h7-8,10H,3-6,9H2,1-2H3,(H,14,16). The maximum atomic E-state index is 12.2. The molecule has 1 N–H and O–H groups in total. The van der Waals surface area contributed by atoms with Crippen LogP contribution < -0.4 is 5.32 Å². The van der Waals surface area contributed by atoms with Crippen LogP contribution in [0.15, 0.2) is 12.4 Å². The van der Waals surface area contributed by atoms with Gasteiger partial charge in [0.25, 0.3) is 5.91 Å². The molecule has 1 aromatic heterocycles. The first-order valence-corrected chi connectivity index (χ1v) is 6.59. The van der Waals surface area contributed by atoms with E-state index in [2.05, 4.69) is 22.2 Å². The van der Waals surface area contributed by atoms with Gasteiger partial charge in [-0.2, -0.15) is 0 Å². The number of carbonyl (C=O) groups is 1. The molecule has 0 aromatic carbocycles. The van der Waals surface area contributed by atoms with E-state index in [-0.39, 0.29) is 5.91 Å². The highest BCUT2D eigenvalue weighted by Gasteiger charge is 2.26. The van der Waals surface area contributed by atoms with Crippen molar-refractivity contribution < 1.29 is 4.79 Å². The van der Waals surface area contributed by atoms with Gasteiger partial charge in [-0.25, -0.2) is 9.97 Å². The van der Waals surface area contributed by atoms with E-state index in [1.807, 2.05) is 11.8 Å². The Morgan fingerprint density at radius 3 is 2.83 bits per heavy atom. The van der Waals surface area contributed by atoms with E-state index in [0.29, 0.717) is 17.4 Å². The van der Waals surface area contributed by atoms with Crippen molar-refractivity contribution in [3.05, 3.63) is 18.1 Å². The van der Waals surface area contributed by atoms with Crippen LogP contribution in [0.2, 0.25) is 0 Å². The predicted molar refractivity (Wildman–Crippen MR) is 70.5 cm³/mol. The summed E-state index contributed by atoms with van der Waals surface area (Å²) in [7, 11) is 0. The summed E-state index contributed by atoms with van der Waals surface area (Å²) in [4.78, 5) is 22.4. The molecule has 1 saturated heterocycles. The summed E-state index contributed by atoms with van der Waals surface area (Å²) in [5.74, 6) is 1.35. The van der Waals surface area contributed by atoms with Gasteiger partial charge in [-0.1, -0.05) is 13.3 Å². The van der Waals surface area contributed by atoms with Gasteiger partial charge in [0.05, 0.1) is 12.4 Å². The zero-order valence-corrected chi connectivity index (χ0v) is 11.0. The Labute approximate surface area is 108 Å². The highest BCUT2D eigenvalue weighted by atomic mass is 16.2. The van der Waals surface area contributed by atoms with E-state index >= 15 is 0 Å². The van der Waals surface area contributed by atoms with E-state index in [1.165, 1.54) is 0 Å². The zero-order valence-electron chi connectivity index (χ0n) is 11.0. The second-order valence-electron chi connectivity index (χ2n) is 4.63. The van der Waals surface area contributed by atoms with Crippen LogP contribution in [0.1, 0.15) is 37.2 Å². The molecule has 1 aliphatic rings. The molecule has 1 amide bonds. The Hall–Kier alpha value is -1.65. The van der Waals surface area contributed by atoms with Gasteiger partial charge in [0.15, 0.2) is 0 Å². The molecule has 2 heterocycles.